The number of hydrogen-bond donors (Lipinski definition) is 1. The molecule has 1 aromatic carbocycles. The molecule has 15 heavy (non-hydrogen) atoms. The van der Waals surface area contributed by atoms with Gasteiger partial charge < -0.3 is 9.84 Å². The van der Waals surface area contributed by atoms with E-state index in [1.807, 2.05) is 19.1 Å². The molecule has 0 aromatic heterocycles. The lowest BCUT2D eigenvalue weighted by molar-refractivity contribution is -0.143. The molecule has 3 heteroatoms. The molecule has 0 radical (unpaired) electrons. The zero-order valence-corrected chi connectivity index (χ0v) is 8.86. The predicted molar refractivity (Wildman–Crippen MR) is 56.1 cm³/mol. The molecule has 1 aliphatic heterocycles. The van der Waals surface area contributed by atoms with Crippen molar-refractivity contribution in [1.82, 2.24) is 0 Å². The molecule has 1 aliphatic rings. The molecule has 0 fully saturated rings. The van der Waals surface area contributed by atoms with Gasteiger partial charge in [0.25, 0.3) is 0 Å². The molecule has 0 saturated heterocycles. The highest BCUT2D eigenvalue weighted by Gasteiger charge is 2.31. The Hall–Kier alpha value is -1.51. The molecule has 0 bridgehead atoms. The molecule has 1 heterocycles. The minimum Gasteiger partial charge on any atom is -0.489 e. The van der Waals surface area contributed by atoms with Gasteiger partial charge in [-0.15, -0.1) is 0 Å². The molecule has 0 saturated carbocycles. The molecule has 0 aliphatic carbocycles. The van der Waals surface area contributed by atoms with Gasteiger partial charge in [-0.25, -0.2) is 0 Å². The first-order valence-electron chi connectivity index (χ1n) is 5.07. The maximum atomic E-state index is 10.8. The van der Waals surface area contributed by atoms with Crippen molar-refractivity contribution in [2.45, 2.75) is 26.4 Å². The van der Waals surface area contributed by atoms with Gasteiger partial charge in [-0.05, 0) is 25.5 Å². The van der Waals surface area contributed by atoms with Gasteiger partial charge in [-0.2, -0.15) is 0 Å². The van der Waals surface area contributed by atoms with Crippen molar-refractivity contribution in [3.05, 3.63) is 29.3 Å². The van der Waals surface area contributed by atoms with Crippen LogP contribution in [0, 0.1) is 12.8 Å². The number of rotatable bonds is 2. The van der Waals surface area contributed by atoms with Gasteiger partial charge >= 0.3 is 5.97 Å². The molecule has 2 unspecified atom stereocenters. The van der Waals surface area contributed by atoms with Crippen LogP contribution < -0.4 is 4.74 Å². The maximum absolute atomic E-state index is 10.8. The third-order valence-corrected chi connectivity index (χ3v) is 2.86. The van der Waals surface area contributed by atoms with Crippen molar-refractivity contribution in [3.63, 3.8) is 0 Å². The van der Waals surface area contributed by atoms with Crippen molar-refractivity contribution in [1.29, 1.82) is 0 Å². The summed E-state index contributed by atoms with van der Waals surface area (Å²) in [6.07, 6.45) is 0.476. The van der Waals surface area contributed by atoms with Crippen LogP contribution in [0.5, 0.6) is 5.75 Å². The molecule has 2 atom stereocenters. The summed E-state index contributed by atoms with van der Waals surface area (Å²) in [7, 11) is 0. The van der Waals surface area contributed by atoms with Crippen molar-refractivity contribution >= 4 is 5.97 Å². The minimum atomic E-state index is -0.801. The molecular formula is C12H14O3. The first-order valence-corrected chi connectivity index (χ1v) is 5.07. The standard InChI is InChI=1S/C12H14O3/c1-7-3-4-10-9(5-7)6-11(15-10)8(2)12(13)14/h3-5,8,11H,6H2,1-2H3,(H,13,14). The molecule has 1 N–H and O–H groups in total. The lowest BCUT2D eigenvalue weighted by atomic mass is 9.99. The van der Waals surface area contributed by atoms with Crippen molar-refractivity contribution < 1.29 is 14.6 Å². The van der Waals surface area contributed by atoms with Gasteiger partial charge in [0.15, 0.2) is 0 Å². The van der Waals surface area contributed by atoms with Crippen molar-refractivity contribution in [2.75, 3.05) is 0 Å². The Kier molecular flexibility index (Phi) is 2.39. The Balaban J connectivity index is 2.19. The summed E-state index contributed by atoms with van der Waals surface area (Å²) in [6, 6.07) is 5.95. The number of carboxylic acids is 1. The highest BCUT2D eigenvalue weighted by atomic mass is 16.5. The van der Waals surface area contributed by atoms with Gasteiger partial charge in [-0.1, -0.05) is 17.7 Å². The summed E-state index contributed by atoms with van der Waals surface area (Å²) in [4.78, 5) is 10.8. The lowest BCUT2D eigenvalue weighted by Gasteiger charge is -2.14. The van der Waals surface area contributed by atoms with Crippen molar-refractivity contribution in [2.24, 2.45) is 5.92 Å². The largest absolute Gasteiger partial charge is 0.489 e. The second-order valence-corrected chi connectivity index (χ2v) is 4.10. The normalized spacial score (nSPS) is 20.5. The quantitative estimate of drug-likeness (QED) is 0.805. The van der Waals surface area contributed by atoms with E-state index >= 15 is 0 Å². The zero-order chi connectivity index (χ0) is 11.0. The Morgan fingerprint density at radius 2 is 2.33 bits per heavy atom. The molecular weight excluding hydrogens is 192 g/mol. The van der Waals surface area contributed by atoms with E-state index < -0.39 is 11.9 Å². The van der Waals surface area contributed by atoms with Crippen LogP contribution in [0.2, 0.25) is 0 Å². The number of ether oxygens (including phenoxy) is 1. The number of aryl methyl sites for hydroxylation is 1. The van der Waals surface area contributed by atoms with Crippen LogP contribution in [0.3, 0.4) is 0 Å². The number of carbonyl (C=O) groups is 1. The maximum Gasteiger partial charge on any atom is 0.309 e. The van der Waals surface area contributed by atoms with E-state index in [9.17, 15) is 4.79 Å². The molecule has 0 spiro atoms. The fraction of sp³-hybridized carbons (Fsp3) is 0.417. The molecule has 80 valence electrons. The van der Waals surface area contributed by atoms with Crippen LogP contribution in [0.1, 0.15) is 18.1 Å². The fourth-order valence-electron chi connectivity index (χ4n) is 1.84. The third kappa shape index (κ3) is 1.82. The third-order valence-electron chi connectivity index (χ3n) is 2.86. The predicted octanol–water partition coefficient (Wildman–Crippen LogP) is 2.02. The van der Waals surface area contributed by atoms with E-state index in [1.54, 1.807) is 6.92 Å². The van der Waals surface area contributed by atoms with Crippen LogP contribution in [0.15, 0.2) is 18.2 Å². The molecule has 1 aromatic rings. The van der Waals surface area contributed by atoms with E-state index in [-0.39, 0.29) is 6.10 Å². The molecule has 0 amide bonds. The van der Waals surface area contributed by atoms with Crippen LogP contribution in [-0.2, 0) is 11.2 Å². The van der Waals surface area contributed by atoms with E-state index in [0.29, 0.717) is 6.42 Å². The van der Waals surface area contributed by atoms with E-state index in [1.165, 1.54) is 5.56 Å². The second kappa shape index (κ2) is 3.57. The van der Waals surface area contributed by atoms with Gasteiger partial charge in [0.1, 0.15) is 11.9 Å². The van der Waals surface area contributed by atoms with Crippen LogP contribution in [-0.4, -0.2) is 17.2 Å². The summed E-state index contributed by atoms with van der Waals surface area (Å²) in [6.45, 7) is 3.71. The monoisotopic (exact) mass is 206 g/mol. The first kappa shape index (κ1) is 10.0. The highest BCUT2D eigenvalue weighted by Crippen LogP contribution is 2.32. The average Bonchev–Trinajstić information content (AvgIpc) is 2.58. The number of carboxylic acid groups (broad SMARTS) is 1. The summed E-state index contributed by atoms with van der Waals surface area (Å²) in [5.41, 5.74) is 2.30. The Bertz CT molecular complexity index is 398. The summed E-state index contributed by atoms with van der Waals surface area (Å²) in [5, 5.41) is 8.90. The Labute approximate surface area is 88.7 Å². The van der Waals surface area contributed by atoms with Crippen LogP contribution in [0.4, 0.5) is 0 Å². The van der Waals surface area contributed by atoms with Gasteiger partial charge in [0.2, 0.25) is 0 Å². The lowest BCUT2D eigenvalue weighted by Crippen LogP contribution is -2.29. The van der Waals surface area contributed by atoms with Gasteiger partial charge in [0.05, 0.1) is 5.92 Å². The molecule has 3 nitrogen and oxygen atoms in total. The van der Waals surface area contributed by atoms with Crippen molar-refractivity contribution in [3.8, 4) is 5.75 Å². The number of hydrogen-bond acceptors (Lipinski definition) is 2. The van der Waals surface area contributed by atoms with E-state index in [4.69, 9.17) is 9.84 Å². The molecule has 2 rings (SSSR count). The second-order valence-electron chi connectivity index (χ2n) is 4.10. The SMILES string of the molecule is Cc1ccc2c(c1)CC(C(C)C(=O)O)O2. The average molecular weight is 206 g/mol. The smallest absolute Gasteiger partial charge is 0.309 e. The van der Waals surface area contributed by atoms with Crippen LogP contribution >= 0.6 is 0 Å². The summed E-state index contributed by atoms with van der Waals surface area (Å²) >= 11 is 0. The summed E-state index contributed by atoms with van der Waals surface area (Å²) in [5.74, 6) is -0.430. The number of aliphatic carboxylic acids is 1. The summed E-state index contributed by atoms with van der Waals surface area (Å²) < 4.78 is 5.60. The number of benzene rings is 1. The Morgan fingerprint density at radius 3 is 3.00 bits per heavy atom. The minimum absolute atomic E-state index is 0.223. The van der Waals surface area contributed by atoms with E-state index in [2.05, 4.69) is 6.07 Å². The highest BCUT2D eigenvalue weighted by molar-refractivity contribution is 5.70. The van der Waals surface area contributed by atoms with Gasteiger partial charge in [-0.3, -0.25) is 4.79 Å². The topological polar surface area (TPSA) is 46.5 Å². The zero-order valence-electron chi connectivity index (χ0n) is 8.86. The van der Waals surface area contributed by atoms with Crippen LogP contribution in [0.25, 0.3) is 0 Å². The number of fused-ring (bicyclic) bond motifs is 1. The van der Waals surface area contributed by atoms with E-state index in [0.717, 1.165) is 11.3 Å². The Morgan fingerprint density at radius 1 is 1.60 bits per heavy atom. The first-order chi connectivity index (χ1) is 7.08. The van der Waals surface area contributed by atoms with Gasteiger partial charge in [0, 0.05) is 6.42 Å². The fourth-order valence-corrected chi connectivity index (χ4v) is 1.84.